The fourth-order valence-corrected chi connectivity index (χ4v) is 4.29. The van der Waals surface area contributed by atoms with E-state index in [1.165, 1.54) is 6.92 Å². The van der Waals surface area contributed by atoms with Gasteiger partial charge in [0, 0.05) is 0 Å². The van der Waals surface area contributed by atoms with E-state index in [1.807, 2.05) is 0 Å². The predicted octanol–water partition coefficient (Wildman–Crippen LogP) is 5.72. The summed E-state index contributed by atoms with van der Waals surface area (Å²) in [6, 6.07) is -1.53. The molecule has 1 unspecified atom stereocenters. The Hall–Kier alpha value is -2.67. The van der Waals surface area contributed by atoms with Crippen molar-refractivity contribution in [2.75, 3.05) is 18.5 Å². The molecule has 1 atom stereocenters. The second kappa shape index (κ2) is 11.6. The highest BCUT2D eigenvalue weighted by molar-refractivity contribution is 7.18. The first kappa shape index (κ1) is 27.6. The number of esters is 2. The van der Waals surface area contributed by atoms with Gasteiger partial charge in [-0.15, -0.1) is 11.3 Å². The molecule has 14 heteroatoms. The Morgan fingerprint density at radius 3 is 2.29 bits per heavy atom. The van der Waals surface area contributed by atoms with E-state index in [2.05, 4.69) is 10.4 Å². The lowest BCUT2D eigenvalue weighted by Gasteiger charge is -2.15. The van der Waals surface area contributed by atoms with Gasteiger partial charge in [0.2, 0.25) is 5.91 Å². The molecular weight excluding hydrogens is 506 g/mol. The number of rotatable bonds is 10. The molecule has 0 aliphatic heterocycles. The maximum Gasteiger partial charge on any atom is 0.348 e. The summed E-state index contributed by atoms with van der Waals surface area (Å²) >= 11 is 6.38. The van der Waals surface area contributed by atoms with Crippen LogP contribution in [0.5, 0.6) is 0 Å². The number of hydrogen-bond donors (Lipinski definition) is 1. The molecule has 0 aromatic carbocycles. The Kier molecular flexibility index (Phi) is 9.45. The lowest BCUT2D eigenvalue weighted by molar-refractivity contribution is -0.119. The van der Waals surface area contributed by atoms with Crippen molar-refractivity contribution in [3.63, 3.8) is 0 Å². The van der Waals surface area contributed by atoms with E-state index in [0.29, 0.717) is 11.1 Å². The second-order valence-electron chi connectivity index (χ2n) is 6.91. The zero-order valence-corrected chi connectivity index (χ0v) is 20.2. The van der Waals surface area contributed by atoms with Gasteiger partial charge in [-0.3, -0.25) is 4.79 Å². The number of ether oxygens (including phenoxy) is 2. The molecule has 34 heavy (non-hydrogen) atoms. The van der Waals surface area contributed by atoms with E-state index in [0.717, 1.165) is 18.3 Å². The molecule has 0 fully saturated rings. The van der Waals surface area contributed by atoms with E-state index in [4.69, 9.17) is 21.1 Å². The van der Waals surface area contributed by atoms with E-state index < -0.39 is 53.1 Å². The van der Waals surface area contributed by atoms with Crippen molar-refractivity contribution in [3.8, 4) is 0 Å². The minimum atomic E-state index is -3.29. The Morgan fingerprint density at radius 2 is 1.76 bits per heavy atom. The van der Waals surface area contributed by atoms with Crippen LogP contribution in [0.3, 0.4) is 0 Å². The highest BCUT2D eigenvalue weighted by atomic mass is 35.5. The van der Waals surface area contributed by atoms with E-state index >= 15 is 0 Å². The van der Waals surface area contributed by atoms with Gasteiger partial charge in [-0.2, -0.15) is 5.10 Å². The average molecular weight is 528 g/mol. The van der Waals surface area contributed by atoms with Crippen LogP contribution in [0.2, 0.25) is 5.02 Å². The van der Waals surface area contributed by atoms with Crippen LogP contribution < -0.4 is 5.32 Å². The highest BCUT2D eigenvalue weighted by Gasteiger charge is 2.33. The zero-order chi connectivity index (χ0) is 25.7. The van der Waals surface area contributed by atoms with Gasteiger partial charge in [0.15, 0.2) is 0 Å². The van der Waals surface area contributed by atoms with Crippen LogP contribution in [0.1, 0.15) is 83.1 Å². The normalized spacial score (nSPS) is 12.2. The SMILES string of the molecule is CCCOC(=O)c1c(NC(=O)C(C)n2nc(C(F)F)c(Cl)c2C(F)F)sc(C(=O)OCC)c1C. The third kappa shape index (κ3) is 5.69. The Balaban J connectivity index is 2.47. The van der Waals surface area contributed by atoms with Crippen LogP contribution in [-0.4, -0.2) is 40.8 Å². The molecule has 0 aliphatic carbocycles. The third-order valence-electron chi connectivity index (χ3n) is 4.56. The Labute approximate surface area is 201 Å². The van der Waals surface area contributed by atoms with Crippen molar-refractivity contribution >= 4 is 45.8 Å². The molecule has 0 aliphatic rings. The van der Waals surface area contributed by atoms with Crippen LogP contribution >= 0.6 is 22.9 Å². The maximum absolute atomic E-state index is 13.5. The van der Waals surface area contributed by atoms with Gasteiger partial charge in [-0.1, -0.05) is 18.5 Å². The molecule has 188 valence electrons. The average Bonchev–Trinajstić information content (AvgIpc) is 3.28. The second-order valence-corrected chi connectivity index (χ2v) is 8.31. The van der Waals surface area contributed by atoms with Crippen molar-refractivity contribution in [2.24, 2.45) is 0 Å². The zero-order valence-electron chi connectivity index (χ0n) is 18.6. The number of aromatic nitrogens is 2. The van der Waals surface area contributed by atoms with Gasteiger partial charge >= 0.3 is 11.9 Å². The van der Waals surface area contributed by atoms with Crippen LogP contribution in [0.4, 0.5) is 22.6 Å². The van der Waals surface area contributed by atoms with E-state index in [9.17, 15) is 31.9 Å². The van der Waals surface area contributed by atoms with E-state index in [1.54, 1.807) is 13.8 Å². The van der Waals surface area contributed by atoms with Gasteiger partial charge < -0.3 is 14.8 Å². The molecule has 2 rings (SSSR count). The molecule has 2 heterocycles. The number of alkyl halides is 4. The first-order valence-electron chi connectivity index (χ1n) is 10.1. The minimum Gasteiger partial charge on any atom is -0.462 e. The number of carbonyl (C=O) groups excluding carboxylic acids is 3. The van der Waals surface area contributed by atoms with E-state index in [-0.39, 0.29) is 34.2 Å². The quantitative estimate of drug-likeness (QED) is 0.313. The summed E-state index contributed by atoms with van der Waals surface area (Å²) in [5.74, 6) is -2.52. The Morgan fingerprint density at radius 1 is 1.12 bits per heavy atom. The summed E-state index contributed by atoms with van der Waals surface area (Å²) in [4.78, 5) is 37.8. The number of thiophene rings is 1. The summed E-state index contributed by atoms with van der Waals surface area (Å²) < 4.78 is 63.7. The fraction of sp³-hybridized carbons (Fsp3) is 0.500. The molecule has 0 radical (unpaired) electrons. The van der Waals surface area contributed by atoms with Crippen LogP contribution in [0.15, 0.2) is 0 Å². The lowest BCUT2D eigenvalue weighted by Crippen LogP contribution is -2.26. The molecule has 2 aromatic heterocycles. The first-order chi connectivity index (χ1) is 16.0. The van der Waals surface area contributed by atoms with Gasteiger partial charge in [0.1, 0.15) is 27.3 Å². The molecular formula is C20H22ClF4N3O5S. The number of nitrogens with one attached hydrogen (secondary N) is 1. The number of carbonyl (C=O) groups is 3. The maximum atomic E-state index is 13.5. The standard InChI is InChI=1S/C20H22ClF4N3O5S/c1-5-7-33-19(30)10-8(3)14(20(31)32-6-2)34-18(10)26-17(29)9(4)28-13(16(24)25)11(21)12(27-28)15(22)23/h9,15-16H,5-7H2,1-4H3,(H,26,29). The van der Waals surface area contributed by atoms with Crippen LogP contribution in [0.25, 0.3) is 0 Å². The summed E-state index contributed by atoms with van der Waals surface area (Å²) in [6.07, 6.45) is -6.02. The van der Waals surface area contributed by atoms with Crippen LogP contribution in [0, 0.1) is 6.92 Å². The molecule has 1 amide bonds. The molecule has 0 saturated carbocycles. The number of anilines is 1. The first-order valence-corrected chi connectivity index (χ1v) is 11.3. The monoisotopic (exact) mass is 527 g/mol. The molecule has 8 nitrogen and oxygen atoms in total. The molecule has 2 aromatic rings. The molecule has 0 spiro atoms. The van der Waals surface area contributed by atoms with Gasteiger partial charge in [0.05, 0.1) is 23.8 Å². The van der Waals surface area contributed by atoms with Crippen LogP contribution in [-0.2, 0) is 14.3 Å². The molecule has 0 bridgehead atoms. The Bertz CT molecular complexity index is 1070. The lowest BCUT2D eigenvalue weighted by atomic mass is 10.1. The summed E-state index contributed by atoms with van der Waals surface area (Å²) in [6.45, 7) is 6.10. The van der Waals surface area contributed by atoms with Gasteiger partial charge in [-0.25, -0.2) is 31.8 Å². The third-order valence-corrected chi connectivity index (χ3v) is 6.13. The van der Waals surface area contributed by atoms with Crippen molar-refractivity contribution in [1.82, 2.24) is 9.78 Å². The van der Waals surface area contributed by atoms with Crippen molar-refractivity contribution in [2.45, 2.75) is 53.0 Å². The minimum absolute atomic E-state index is 0.0311. The van der Waals surface area contributed by atoms with Crippen molar-refractivity contribution in [3.05, 3.63) is 32.4 Å². The van der Waals surface area contributed by atoms with Gasteiger partial charge in [-0.05, 0) is 32.8 Å². The highest BCUT2D eigenvalue weighted by Crippen LogP contribution is 2.38. The smallest absolute Gasteiger partial charge is 0.348 e. The largest absolute Gasteiger partial charge is 0.462 e. The molecule has 1 N–H and O–H groups in total. The molecule has 0 saturated heterocycles. The number of halogens is 5. The number of amides is 1. The topological polar surface area (TPSA) is 99.5 Å². The summed E-state index contributed by atoms with van der Waals surface area (Å²) in [7, 11) is 0. The summed E-state index contributed by atoms with van der Waals surface area (Å²) in [5.41, 5.74) is -2.04. The van der Waals surface area contributed by atoms with Gasteiger partial charge in [0.25, 0.3) is 12.9 Å². The summed E-state index contributed by atoms with van der Waals surface area (Å²) in [5, 5.41) is 4.75. The van der Waals surface area contributed by atoms with Crippen molar-refractivity contribution < 1.29 is 41.4 Å². The fourth-order valence-electron chi connectivity index (χ4n) is 2.91. The number of nitrogens with zero attached hydrogens (tertiary/aromatic N) is 2. The predicted molar refractivity (Wildman–Crippen MR) is 116 cm³/mol. The van der Waals surface area contributed by atoms with Crippen molar-refractivity contribution in [1.29, 1.82) is 0 Å². The number of hydrogen-bond acceptors (Lipinski definition) is 7.